The molecule has 9 aromatic carbocycles. The summed E-state index contributed by atoms with van der Waals surface area (Å²) < 4.78 is 72.3. The van der Waals surface area contributed by atoms with Crippen molar-refractivity contribution < 1.29 is 70.4 Å². The fourth-order valence-electron chi connectivity index (χ4n) is 11.1. The van der Waals surface area contributed by atoms with E-state index < -0.39 is 35.4 Å². The van der Waals surface area contributed by atoms with Gasteiger partial charge in [-0.25, -0.2) is 27.6 Å². The molecular weight excluding hydrogens is 1450 g/mol. The van der Waals surface area contributed by atoms with Crippen molar-refractivity contribution in [2.45, 2.75) is 106 Å². The normalized spacial score (nSPS) is 9.78. The van der Waals surface area contributed by atoms with Crippen LogP contribution in [-0.4, -0.2) is 35.8 Å². The van der Waals surface area contributed by atoms with Gasteiger partial charge in [0.2, 0.25) is 0 Å². The van der Waals surface area contributed by atoms with E-state index in [1.165, 1.54) is 18.2 Å². The molecule has 0 aliphatic heterocycles. The van der Waals surface area contributed by atoms with Gasteiger partial charge < -0.3 is 28.4 Å². The maximum Gasteiger partial charge on any atom is 0.330 e. The lowest BCUT2D eigenvalue weighted by atomic mass is 9.94. The van der Waals surface area contributed by atoms with Gasteiger partial charge in [-0.15, -0.1) is 0 Å². The number of aryl methyl sites for hydroxylation is 6. The molecule has 0 radical (unpaired) electrons. The van der Waals surface area contributed by atoms with Crippen molar-refractivity contribution in [1.82, 2.24) is 0 Å². The van der Waals surface area contributed by atoms with Gasteiger partial charge in [0.05, 0.1) is 38.0 Å². The summed E-state index contributed by atoms with van der Waals surface area (Å²) in [7, 11) is 0. The van der Waals surface area contributed by atoms with Crippen LogP contribution in [-0.2, 0) is 122 Å². The number of ether oxygens (including phenoxy) is 6. The van der Waals surface area contributed by atoms with Crippen LogP contribution in [0.3, 0.4) is 0 Å². The van der Waals surface area contributed by atoms with Crippen molar-refractivity contribution in [3.05, 3.63) is 391 Å². The Labute approximate surface area is 671 Å². The fraction of sp³-hybridized carbons (Fsp3) is 0.160. The Bertz CT molecular complexity index is 5290. The third-order valence-corrected chi connectivity index (χ3v) is 17.0. The third kappa shape index (κ3) is 28.3. The predicted molar refractivity (Wildman–Crippen MR) is 441 cm³/mol. The van der Waals surface area contributed by atoms with Crippen molar-refractivity contribution in [1.29, 1.82) is 0 Å². The number of carbonyl (C=O) groups is 6. The van der Waals surface area contributed by atoms with Gasteiger partial charge in [-0.2, -0.15) is 0 Å². The molecular formula is C100H83F3O12. The monoisotopic (exact) mass is 1530 g/mol. The summed E-state index contributed by atoms with van der Waals surface area (Å²) in [5.41, 5.74) is 18.9. The largest absolute Gasteiger partial charge is 0.458 e. The van der Waals surface area contributed by atoms with Crippen LogP contribution in [0.25, 0.3) is 0 Å². The third-order valence-electron chi connectivity index (χ3n) is 17.0. The second-order valence-corrected chi connectivity index (χ2v) is 25.2. The van der Waals surface area contributed by atoms with Crippen molar-refractivity contribution in [2.24, 2.45) is 0 Å². The highest BCUT2D eigenvalue weighted by molar-refractivity contribution is 5.82. The maximum atomic E-state index is 14.5. The highest BCUT2D eigenvalue weighted by atomic mass is 19.1. The number of esters is 6. The van der Waals surface area contributed by atoms with E-state index in [4.69, 9.17) is 28.4 Å². The van der Waals surface area contributed by atoms with E-state index in [0.29, 0.717) is 16.7 Å². The minimum Gasteiger partial charge on any atom is -0.458 e. The molecule has 0 saturated heterocycles. The SMILES string of the molecule is C=COC(=O)Cc1ccc(C#Cc2cc(C)c(C#Cc3ccc(COC(=O)C=C)c(F)c3)c(C)c2)cc1.C=COC(=O)Cc1ccc(C#Cc2cc(CC)c(C#Cc3ccc(COC(=O)C=C)c(F)c3)c(CC)c2)cc1.C=COC(=O)Cc1ccc(C#Cc2cc(CC)c(C#Cc3ccc(COC(=O)C=C)c(F)c3)c(CC)c2)cc1. The van der Waals surface area contributed by atoms with Crippen LogP contribution in [0.2, 0.25) is 0 Å². The highest BCUT2D eigenvalue weighted by Gasteiger charge is 2.14. The summed E-state index contributed by atoms with van der Waals surface area (Å²) in [6.07, 6.45) is 10.1. The molecule has 0 fully saturated rings. The van der Waals surface area contributed by atoms with Crippen LogP contribution < -0.4 is 0 Å². The molecule has 0 aliphatic carbocycles. The molecule has 15 heteroatoms. The first kappa shape index (κ1) is 87.6. The minimum absolute atomic E-state index is 0.165. The quantitative estimate of drug-likeness (QED) is 0.0208. The number of hydrogen-bond acceptors (Lipinski definition) is 12. The average molecular weight is 1530 g/mol. The Morgan fingerprint density at radius 1 is 0.296 bits per heavy atom. The van der Waals surface area contributed by atoms with Crippen LogP contribution in [0, 0.1) is 102 Å². The topological polar surface area (TPSA) is 158 Å². The van der Waals surface area contributed by atoms with Gasteiger partial charge in [-0.05, 0) is 199 Å². The van der Waals surface area contributed by atoms with E-state index in [-0.39, 0.29) is 73.7 Å². The van der Waals surface area contributed by atoms with Crippen LogP contribution in [0.15, 0.2) is 240 Å². The first-order chi connectivity index (χ1) is 55.5. The van der Waals surface area contributed by atoms with Crippen molar-refractivity contribution in [3.8, 4) is 71.0 Å². The van der Waals surface area contributed by atoms with Crippen LogP contribution in [0.4, 0.5) is 13.2 Å². The maximum absolute atomic E-state index is 14.5. The molecule has 0 unspecified atom stereocenters. The minimum atomic E-state index is -0.608. The van der Waals surface area contributed by atoms with E-state index in [1.54, 1.807) is 36.4 Å². The molecule has 576 valence electrons. The van der Waals surface area contributed by atoms with Gasteiger partial charge in [-0.3, -0.25) is 14.4 Å². The van der Waals surface area contributed by atoms with E-state index in [0.717, 1.165) is 163 Å². The second kappa shape index (κ2) is 45.5. The molecule has 9 aromatic rings. The molecule has 0 N–H and O–H groups in total. The molecule has 0 bridgehead atoms. The van der Waals surface area contributed by atoms with Crippen molar-refractivity contribution in [2.75, 3.05) is 0 Å². The van der Waals surface area contributed by atoms with Crippen molar-refractivity contribution in [3.63, 3.8) is 0 Å². The first-order valence-electron chi connectivity index (χ1n) is 36.5. The predicted octanol–water partition coefficient (Wildman–Crippen LogP) is 18.1. The Balaban J connectivity index is 0.000000239. The van der Waals surface area contributed by atoms with Gasteiger partial charge in [0.1, 0.15) is 37.3 Å². The lowest BCUT2D eigenvalue weighted by Crippen LogP contribution is -2.03. The second-order valence-electron chi connectivity index (χ2n) is 25.2. The number of hydrogen-bond donors (Lipinski definition) is 0. The number of rotatable bonds is 22. The molecule has 0 spiro atoms. The summed E-state index contributed by atoms with van der Waals surface area (Å²) in [5, 5.41) is 0. The van der Waals surface area contributed by atoms with Gasteiger partial charge in [0, 0.05) is 102 Å². The molecule has 9 rings (SSSR count). The Hall–Kier alpha value is -14.6. The zero-order valence-electron chi connectivity index (χ0n) is 64.9. The molecule has 0 atom stereocenters. The summed E-state index contributed by atoms with van der Waals surface area (Å²) in [6, 6.07) is 48.1. The molecule has 0 heterocycles. The summed E-state index contributed by atoms with van der Waals surface area (Å²) >= 11 is 0. The molecule has 0 aliphatic rings. The smallest absolute Gasteiger partial charge is 0.330 e. The Morgan fingerprint density at radius 2 is 0.530 bits per heavy atom. The lowest BCUT2D eigenvalue weighted by molar-refractivity contribution is -0.139. The van der Waals surface area contributed by atoms with Crippen LogP contribution in [0.5, 0.6) is 0 Å². The van der Waals surface area contributed by atoms with E-state index in [2.05, 4.69) is 138 Å². The van der Waals surface area contributed by atoms with Crippen molar-refractivity contribution >= 4 is 35.8 Å². The lowest BCUT2D eigenvalue weighted by Gasteiger charge is -2.09. The summed E-state index contributed by atoms with van der Waals surface area (Å²) in [5.74, 6) is 33.5. The zero-order valence-corrected chi connectivity index (χ0v) is 64.9. The summed E-state index contributed by atoms with van der Waals surface area (Å²) in [6.45, 7) is 31.8. The standard InChI is InChI=1S/2C34H29FO4.C32H25FO4/c2*1-5-28-19-27(14-11-24-9-12-26(13-10-24)22-34(37)38-8-4)20-29(6-2)31(28)18-16-25-15-17-30(32(35)21-25)23-39-33(36)7-3;1-5-31(34)37-21-28-15-13-25(19-30(28)33)14-16-29-22(3)17-27(18-23(29)4)12-9-24-7-10-26(11-8-24)20-32(35)36-6-2/h2*7-10,12-13,15,17,19-21H,3-6,22-23H2,1-2H3;5-8,10-11,13,15,17-19H,1-2,20-21H2,3-4H3. The molecule has 0 amide bonds. The number of halogens is 3. The van der Waals surface area contributed by atoms with Gasteiger partial charge >= 0.3 is 35.8 Å². The highest BCUT2D eigenvalue weighted by Crippen LogP contribution is 2.24. The van der Waals surface area contributed by atoms with Gasteiger partial charge in [-0.1, -0.05) is 193 Å². The Kier molecular flexibility index (Phi) is 34.7. The van der Waals surface area contributed by atoms with E-state index in [1.807, 2.05) is 123 Å². The zero-order chi connectivity index (χ0) is 83.2. The molecule has 0 aromatic heterocycles. The van der Waals surface area contributed by atoms with Crippen LogP contribution in [0.1, 0.15) is 161 Å². The number of benzene rings is 9. The average Bonchev–Trinajstić information content (AvgIpc) is 0.827. The molecule has 115 heavy (non-hydrogen) atoms. The molecule has 12 nitrogen and oxygen atoms in total. The fourth-order valence-corrected chi connectivity index (χ4v) is 11.1. The van der Waals surface area contributed by atoms with Crippen LogP contribution >= 0.6 is 0 Å². The number of carbonyl (C=O) groups excluding carboxylic acids is 6. The summed E-state index contributed by atoms with van der Waals surface area (Å²) in [4.78, 5) is 68.4. The first-order valence-corrected chi connectivity index (χ1v) is 36.5. The van der Waals surface area contributed by atoms with Gasteiger partial charge in [0.15, 0.2) is 0 Å². The van der Waals surface area contributed by atoms with E-state index >= 15 is 0 Å². The Morgan fingerprint density at radius 3 is 0.774 bits per heavy atom. The van der Waals surface area contributed by atoms with Gasteiger partial charge in [0.25, 0.3) is 0 Å². The van der Waals surface area contributed by atoms with E-state index in [9.17, 15) is 41.9 Å². The molecule has 0 saturated carbocycles.